The SMILES string of the molecule is COC(=O)C=Cc1ccc(CN2CCC(CN(C)C(C)=O)(c3ccccc3)CC2)cc1. The fourth-order valence-corrected chi connectivity index (χ4v) is 4.26. The van der Waals surface area contributed by atoms with E-state index in [0.717, 1.165) is 44.6 Å². The lowest BCUT2D eigenvalue weighted by Crippen LogP contribution is -2.48. The quantitative estimate of drug-likeness (QED) is 0.504. The monoisotopic (exact) mass is 420 g/mol. The molecule has 3 rings (SSSR count). The Morgan fingerprint density at radius 1 is 1.06 bits per heavy atom. The first kappa shape index (κ1) is 22.8. The van der Waals surface area contributed by atoms with Crippen LogP contribution < -0.4 is 0 Å². The van der Waals surface area contributed by atoms with Crippen LogP contribution >= 0.6 is 0 Å². The van der Waals surface area contributed by atoms with Gasteiger partial charge in [-0.1, -0.05) is 54.6 Å². The Hall–Kier alpha value is -2.92. The standard InChI is InChI=1S/C26H32N2O3/c1-21(29)27(2)20-26(24-7-5-4-6-8-24)15-17-28(18-16-26)19-23-11-9-22(10-12-23)13-14-25(30)31-3/h4-14H,15-20H2,1-3H3. The average Bonchev–Trinajstić information content (AvgIpc) is 2.80. The Balaban J connectivity index is 1.64. The molecule has 164 valence electrons. The third kappa shape index (κ3) is 6.05. The number of likely N-dealkylation sites (tertiary alicyclic amines) is 1. The maximum atomic E-state index is 11.9. The molecule has 0 unspecified atom stereocenters. The molecular weight excluding hydrogens is 388 g/mol. The normalized spacial score (nSPS) is 16.2. The van der Waals surface area contributed by atoms with Crippen LogP contribution in [0.3, 0.4) is 0 Å². The number of benzene rings is 2. The second-order valence-corrected chi connectivity index (χ2v) is 8.40. The summed E-state index contributed by atoms with van der Waals surface area (Å²) in [6.07, 6.45) is 5.24. The molecule has 2 aromatic rings. The molecule has 0 atom stereocenters. The molecule has 31 heavy (non-hydrogen) atoms. The Bertz CT molecular complexity index is 898. The van der Waals surface area contributed by atoms with Gasteiger partial charge in [-0.3, -0.25) is 9.69 Å². The molecular formula is C26H32N2O3. The molecule has 0 aliphatic carbocycles. The minimum absolute atomic E-state index is 0.000713. The van der Waals surface area contributed by atoms with Gasteiger partial charge >= 0.3 is 5.97 Å². The van der Waals surface area contributed by atoms with E-state index in [1.807, 2.05) is 30.1 Å². The van der Waals surface area contributed by atoms with Crippen molar-refractivity contribution in [3.63, 3.8) is 0 Å². The van der Waals surface area contributed by atoms with Crippen LogP contribution in [0.4, 0.5) is 0 Å². The highest BCUT2D eigenvalue weighted by atomic mass is 16.5. The first-order valence-corrected chi connectivity index (χ1v) is 10.8. The zero-order chi connectivity index (χ0) is 22.3. The van der Waals surface area contributed by atoms with Crippen LogP contribution in [0, 0.1) is 0 Å². The lowest BCUT2D eigenvalue weighted by atomic mass is 9.72. The van der Waals surface area contributed by atoms with Gasteiger partial charge < -0.3 is 9.64 Å². The summed E-state index contributed by atoms with van der Waals surface area (Å²) < 4.78 is 4.63. The van der Waals surface area contributed by atoms with Gasteiger partial charge in [0.25, 0.3) is 0 Å². The van der Waals surface area contributed by atoms with E-state index in [1.165, 1.54) is 24.3 Å². The molecule has 1 aliphatic rings. The molecule has 5 nitrogen and oxygen atoms in total. The molecule has 5 heteroatoms. The van der Waals surface area contributed by atoms with Gasteiger partial charge in [-0.25, -0.2) is 4.79 Å². The van der Waals surface area contributed by atoms with Gasteiger partial charge in [0.2, 0.25) is 5.91 Å². The average molecular weight is 421 g/mol. The van der Waals surface area contributed by atoms with Crippen LogP contribution in [-0.4, -0.2) is 55.5 Å². The largest absolute Gasteiger partial charge is 0.466 e. The summed E-state index contributed by atoms with van der Waals surface area (Å²) >= 11 is 0. The molecule has 1 fully saturated rings. The van der Waals surface area contributed by atoms with Crippen molar-refractivity contribution in [3.05, 3.63) is 77.4 Å². The number of hydrogen-bond acceptors (Lipinski definition) is 4. The number of nitrogens with zero attached hydrogens (tertiary/aromatic N) is 2. The van der Waals surface area contributed by atoms with E-state index in [0.29, 0.717) is 0 Å². The van der Waals surface area contributed by atoms with Crippen LogP contribution in [0.15, 0.2) is 60.7 Å². The summed E-state index contributed by atoms with van der Waals surface area (Å²) in [5, 5.41) is 0. The van der Waals surface area contributed by atoms with Crippen LogP contribution in [-0.2, 0) is 26.3 Å². The summed E-state index contributed by atoms with van der Waals surface area (Å²) in [7, 11) is 3.27. The van der Waals surface area contributed by atoms with E-state index >= 15 is 0 Å². The predicted molar refractivity (Wildman–Crippen MR) is 123 cm³/mol. The van der Waals surface area contributed by atoms with Gasteiger partial charge in [-0.2, -0.15) is 0 Å². The first-order chi connectivity index (χ1) is 14.9. The lowest BCUT2D eigenvalue weighted by molar-refractivity contribution is -0.134. The summed E-state index contributed by atoms with van der Waals surface area (Å²) in [6, 6.07) is 18.9. The third-order valence-electron chi connectivity index (χ3n) is 6.28. The highest BCUT2D eigenvalue weighted by molar-refractivity contribution is 5.86. The molecule has 1 saturated heterocycles. The number of carbonyl (C=O) groups is 2. The van der Waals surface area contributed by atoms with Gasteiger partial charge in [0.15, 0.2) is 0 Å². The van der Waals surface area contributed by atoms with Crippen molar-refractivity contribution < 1.29 is 14.3 Å². The number of carbonyl (C=O) groups excluding carboxylic acids is 2. The zero-order valence-corrected chi connectivity index (χ0v) is 18.7. The Morgan fingerprint density at radius 2 is 1.71 bits per heavy atom. The lowest BCUT2D eigenvalue weighted by Gasteiger charge is -2.44. The maximum absolute atomic E-state index is 11.9. The number of amides is 1. The van der Waals surface area contributed by atoms with Crippen molar-refractivity contribution >= 4 is 18.0 Å². The van der Waals surface area contributed by atoms with Crippen molar-refractivity contribution in [2.45, 2.75) is 31.7 Å². The molecule has 0 aromatic heterocycles. The van der Waals surface area contributed by atoms with Gasteiger partial charge in [-0.05, 0) is 48.7 Å². The second kappa shape index (κ2) is 10.4. The molecule has 1 heterocycles. The van der Waals surface area contributed by atoms with Gasteiger partial charge in [0.05, 0.1) is 7.11 Å². The van der Waals surface area contributed by atoms with E-state index in [9.17, 15) is 9.59 Å². The molecule has 1 aliphatic heterocycles. The minimum Gasteiger partial charge on any atom is -0.466 e. The van der Waals surface area contributed by atoms with Gasteiger partial charge in [0.1, 0.15) is 0 Å². The Morgan fingerprint density at radius 3 is 2.29 bits per heavy atom. The molecule has 1 amide bonds. The third-order valence-corrected chi connectivity index (χ3v) is 6.28. The van der Waals surface area contributed by atoms with Crippen molar-refractivity contribution in [2.24, 2.45) is 0 Å². The van der Waals surface area contributed by atoms with Crippen LogP contribution in [0.5, 0.6) is 0 Å². The van der Waals surface area contributed by atoms with Crippen molar-refractivity contribution in [1.29, 1.82) is 0 Å². The number of hydrogen-bond donors (Lipinski definition) is 0. The highest BCUT2D eigenvalue weighted by Gasteiger charge is 2.37. The summed E-state index contributed by atoms with van der Waals surface area (Å²) in [4.78, 5) is 27.5. The molecule has 0 bridgehead atoms. The summed E-state index contributed by atoms with van der Waals surface area (Å²) in [5.74, 6) is -0.242. The molecule has 0 radical (unpaired) electrons. The summed E-state index contributed by atoms with van der Waals surface area (Å²) in [5.41, 5.74) is 3.55. The van der Waals surface area contributed by atoms with Crippen molar-refractivity contribution in [3.8, 4) is 0 Å². The topological polar surface area (TPSA) is 49.9 Å². The van der Waals surface area contributed by atoms with Gasteiger partial charge in [-0.15, -0.1) is 0 Å². The first-order valence-electron chi connectivity index (χ1n) is 10.8. The summed E-state index contributed by atoms with van der Waals surface area (Å²) in [6.45, 7) is 5.27. The van der Waals surface area contributed by atoms with E-state index in [4.69, 9.17) is 0 Å². The molecule has 0 spiro atoms. The second-order valence-electron chi connectivity index (χ2n) is 8.40. The number of methoxy groups -OCH3 is 1. The number of ether oxygens (including phenoxy) is 1. The number of rotatable bonds is 7. The van der Waals surface area contributed by atoms with E-state index in [1.54, 1.807) is 13.0 Å². The smallest absolute Gasteiger partial charge is 0.330 e. The van der Waals surface area contributed by atoms with Gasteiger partial charge in [0, 0.05) is 38.6 Å². The van der Waals surface area contributed by atoms with Crippen LogP contribution in [0.2, 0.25) is 0 Å². The minimum atomic E-state index is -0.352. The van der Waals surface area contributed by atoms with Crippen LogP contribution in [0.1, 0.15) is 36.5 Å². The predicted octanol–water partition coefficient (Wildman–Crippen LogP) is 3.88. The number of likely N-dealkylation sites (N-methyl/N-ethyl adjacent to an activating group) is 1. The number of piperidine rings is 1. The fraction of sp³-hybridized carbons (Fsp3) is 0.385. The molecule has 0 N–H and O–H groups in total. The zero-order valence-electron chi connectivity index (χ0n) is 18.7. The maximum Gasteiger partial charge on any atom is 0.330 e. The van der Waals surface area contributed by atoms with E-state index in [-0.39, 0.29) is 17.3 Å². The van der Waals surface area contributed by atoms with Crippen molar-refractivity contribution in [2.75, 3.05) is 33.8 Å². The fourth-order valence-electron chi connectivity index (χ4n) is 4.26. The van der Waals surface area contributed by atoms with Crippen LogP contribution in [0.25, 0.3) is 6.08 Å². The Kier molecular flexibility index (Phi) is 7.64. The van der Waals surface area contributed by atoms with Crippen molar-refractivity contribution in [1.82, 2.24) is 9.80 Å². The highest BCUT2D eigenvalue weighted by Crippen LogP contribution is 2.36. The Labute approximate surface area is 185 Å². The molecule has 0 saturated carbocycles. The van der Waals surface area contributed by atoms with E-state index in [2.05, 4.69) is 46.0 Å². The number of esters is 1. The molecule has 2 aromatic carbocycles. The van der Waals surface area contributed by atoms with E-state index < -0.39 is 0 Å².